The molecule has 4 heteroatoms. The van der Waals surface area contributed by atoms with Crippen molar-refractivity contribution in [2.24, 2.45) is 0 Å². The van der Waals surface area contributed by atoms with Crippen LogP contribution in [0, 0.1) is 0 Å². The van der Waals surface area contributed by atoms with Gasteiger partial charge in [0, 0.05) is 41.9 Å². The summed E-state index contributed by atoms with van der Waals surface area (Å²) in [6.45, 7) is 0. The molecule has 9 aromatic rings. The topological polar surface area (TPSA) is 31.0 Å². The van der Waals surface area contributed by atoms with Gasteiger partial charge in [-0.15, -0.1) is 11.3 Å². The normalized spacial score (nSPS) is 12.1. The average Bonchev–Trinajstić information content (AvgIpc) is 3.68. The lowest BCUT2D eigenvalue weighted by Crippen LogP contribution is -1.96. The Morgan fingerprint density at radius 2 is 1.18 bits per heavy atom. The van der Waals surface area contributed by atoms with Gasteiger partial charge in [0.15, 0.2) is 5.58 Å². The lowest BCUT2D eigenvalue weighted by molar-refractivity contribution is 0.624. The van der Waals surface area contributed by atoms with E-state index in [0.717, 1.165) is 38.5 Å². The van der Waals surface area contributed by atoms with E-state index in [1.807, 2.05) is 0 Å². The first-order chi connectivity index (χ1) is 19.3. The Labute approximate surface area is 227 Å². The van der Waals surface area contributed by atoms with Crippen molar-refractivity contribution in [2.45, 2.75) is 0 Å². The Bertz CT molecular complexity index is 2350. The predicted octanol–water partition coefficient (Wildman–Crippen LogP) is 10.1. The molecule has 0 spiro atoms. The second kappa shape index (κ2) is 7.79. The number of benzene rings is 6. The molecule has 6 aromatic carbocycles. The molecule has 0 bridgehead atoms. The maximum atomic E-state index is 6.60. The molecule has 0 radical (unpaired) electrons. The summed E-state index contributed by atoms with van der Waals surface area (Å²) in [5.74, 6) is 0.651. The van der Waals surface area contributed by atoms with E-state index < -0.39 is 0 Å². The fourth-order valence-electron chi connectivity index (χ4n) is 6.16. The molecule has 0 saturated carbocycles. The van der Waals surface area contributed by atoms with Gasteiger partial charge in [-0.05, 0) is 47.9 Å². The van der Waals surface area contributed by atoms with E-state index in [0.29, 0.717) is 5.89 Å². The first kappa shape index (κ1) is 21.1. The van der Waals surface area contributed by atoms with Gasteiger partial charge < -0.3 is 8.98 Å². The van der Waals surface area contributed by atoms with Crippen LogP contribution in [0.4, 0.5) is 0 Å². The quantitative estimate of drug-likeness (QED) is 0.229. The van der Waals surface area contributed by atoms with Gasteiger partial charge in [-0.2, -0.15) is 0 Å². The molecule has 0 unspecified atom stereocenters. The largest absolute Gasteiger partial charge is 0.435 e. The molecule has 0 aliphatic heterocycles. The number of rotatable bonds is 2. The van der Waals surface area contributed by atoms with Gasteiger partial charge in [0.25, 0.3) is 0 Å². The molecule has 9 rings (SSSR count). The van der Waals surface area contributed by atoms with E-state index in [1.165, 1.54) is 36.6 Å². The van der Waals surface area contributed by atoms with Crippen molar-refractivity contribution in [1.82, 2.24) is 9.55 Å². The van der Waals surface area contributed by atoms with Crippen LogP contribution >= 0.6 is 11.3 Å². The predicted molar refractivity (Wildman–Crippen MR) is 164 cm³/mol. The summed E-state index contributed by atoms with van der Waals surface area (Å²) in [6.07, 6.45) is 0. The molecular formula is C35H20N2OS. The van der Waals surface area contributed by atoms with Crippen LogP contribution in [0.1, 0.15) is 0 Å². The van der Waals surface area contributed by atoms with Crippen LogP contribution in [-0.4, -0.2) is 9.55 Å². The van der Waals surface area contributed by atoms with E-state index in [4.69, 9.17) is 9.40 Å². The zero-order chi connectivity index (χ0) is 25.5. The van der Waals surface area contributed by atoms with Crippen LogP contribution < -0.4 is 0 Å². The van der Waals surface area contributed by atoms with Gasteiger partial charge in [-0.3, -0.25) is 0 Å². The number of aromatic nitrogens is 2. The number of thiophene rings is 1. The van der Waals surface area contributed by atoms with E-state index in [-0.39, 0.29) is 0 Å². The summed E-state index contributed by atoms with van der Waals surface area (Å²) < 4.78 is 11.5. The van der Waals surface area contributed by atoms with Crippen LogP contribution in [0.3, 0.4) is 0 Å². The number of hydrogen-bond acceptors (Lipinski definition) is 3. The van der Waals surface area contributed by atoms with Crippen LogP contribution in [-0.2, 0) is 0 Å². The molecule has 0 aliphatic carbocycles. The van der Waals surface area contributed by atoms with Crippen molar-refractivity contribution < 1.29 is 4.42 Å². The molecule has 0 atom stereocenters. The van der Waals surface area contributed by atoms with Gasteiger partial charge >= 0.3 is 0 Å². The Morgan fingerprint density at radius 3 is 1.95 bits per heavy atom. The third-order valence-corrected chi connectivity index (χ3v) is 8.98. The maximum absolute atomic E-state index is 6.60. The Hall–Kier alpha value is -4.93. The van der Waals surface area contributed by atoms with Crippen LogP contribution in [0.5, 0.6) is 0 Å². The minimum atomic E-state index is 0.651. The summed E-state index contributed by atoms with van der Waals surface area (Å²) in [6, 6.07) is 43.0. The second-order valence-corrected chi connectivity index (χ2v) is 11.0. The molecule has 3 heterocycles. The zero-order valence-electron chi connectivity index (χ0n) is 20.8. The van der Waals surface area contributed by atoms with E-state index >= 15 is 0 Å². The molecule has 0 N–H and O–H groups in total. The van der Waals surface area contributed by atoms with E-state index in [1.54, 1.807) is 11.3 Å². The third-order valence-electron chi connectivity index (χ3n) is 7.85. The highest BCUT2D eigenvalue weighted by molar-refractivity contribution is 7.26. The average molecular weight is 517 g/mol. The van der Waals surface area contributed by atoms with Gasteiger partial charge in [0.2, 0.25) is 5.89 Å². The number of nitrogens with zero attached hydrogens (tertiary/aromatic N) is 2. The summed E-state index contributed by atoms with van der Waals surface area (Å²) in [7, 11) is 0. The molecular weight excluding hydrogens is 496 g/mol. The van der Waals surface area contributed by atoms with Crippen molar-refractivity contribution in [3.8, 4) is 17.1 Å². The second-order valence-electron chi connectivity index (χ2n) is 9.95. The highest BCUT2D eigenvalue weighted by atomic mass is 32.1. The number of oxazole rings is 1. The summed E-state index contributed by atoms with van der Waals surface area (Å²) in [5, 5.41) is 7.17. The minimum Gasteiger partial charge on any atom is -0.435 e. The van der Waals surface area contributed by atoms with Gasteiger partial charge in [0.05, 0.1) is 16.7 Å². The van der Waals surface area contributed by atoms with Crippen molar-refractivity contribution in [1.29, 1.82) is 0 Å². The van der Waals surface area contributed by atoms with Crippen LogP contribution in [0.25, 0.3) is 81.0 Å². The zero-order valence-corrected chi connectivity index (χ0v) is 21.6. The van der Waals surface area contributed by atoms with E-state index in [2.05, 4.69) is 126 Å². The molecule has 3 aromatic heterocycles. The van der Waals surface area contributed by atoms with E-state index in [9.17, 15) is 0 Å². The molecule has 182 valence electrons. The highest BCUT2D eigenvalue weighted by Gasteiger charge is 2.19. The number of para-hydroxylation sites is 2. The van der Waals surface area contributed by atoms with Gasteiger partial charge in [-0.1, -0.05) is 78.9 Å². The molecule has 39 heavy (non-hydrogen) atoms. The fourth-order valence-corrected chi connectivity index (χ4v) is 7.26. The first-order valence-corrected chi connectivity index (χ1v) is 13.9. The SMILES string of the molecule is c1ccc2c(c1)sc1ccc3nc(-c4ccc(-n5c6ccccc6c6ccccc65)c5ccccc45)oc3c12. The molecule has 3 nitrogen and oxygen atoms in total. The lowest BCUT2D eigenvalue weighted by Gasteiger charge is -2.13. The smallest absolute Gasteiger partial charge is 0.227 e. The lowest BCUT2D eigenvalue weighted by atomic mass is 10.0. The molecule has 0 amide bonds. The maximum Gasteiger partial charge on any atom is 0.227 e. The summed E-state index contributed by atoms with van der Waals surface area (Å²) >= 11 is 1.80. The standard InChI is InChI=1S/C35H20N2OS/c1-2-10-22-21(9-1)25(17-19-30(22)37-28-14-6-3-11-23(28)24-12-4-7-15-29(24)37)35-36-27-18-20-32-33(34(27)38-35)26-13-5-8-16-31(26)39-32/h1-20H. The Morgan fingerprint density at radius 1 is 0.538 bits per heavy atom. The van der Waals surface area contributed by atoms with Gasteiger partial charge in [0.1, 0.15) is 5.52 Å². The van der Waals surface area contributed by atoms with Gasteiger partial charge in [-0.25, -0.2) is 4.98 Å². The Kier molecular flexibility index (Phi) is 4.21. The molecule has 0 aliphatic rings. The van der Waals surface area contributed by atoms with Crippen molar-refractivity contribution in [2.75, 3.05) is 0 Å². The first-order valence-electron chi connectivity index (χ1n) is 13.1. The van der Waals surface area contributed by atoms with Crippen molar-refractivity contribution in [3.05, 3.63) is 121 Å². The van der Waals surface area contributed by atoms with Crippen molar-refractivity contribution in [3.63, 3.8) is 0 Å². The number of hydrogen-bond donors (Lipinski definition) is 0. The third kappa shape index (κ3) is 2.89. The minimum absolute atomic E-state index is 0.651. The molecule has 0 saturated heterocycles. The number of fused-ring (bicyclic) bond motifs is 9. The summed E-state index contributed by atoms with van der Waals surface area (Å²) in [4.78, 5) is 4.99. The Balaban J connectivity index is 1.33. The highest BCUT2D eigenvalue weighted by Crippen LogP contribution is 2.42. The van der Waals surface area contributed by atoms with Crippen LogP contribution in [0.15, 0.2) is 126 Å². The molecule has 0 fully saturated rings. The van der Waals surface area contributed by atoms with Crippen LogP contribution in [0.2, 0.25) is 0 Å². The van der Waals surface area contributed by atoms with Crippen molar-refractivity contribution >= 4 is 75.2 Å². The summed E-state index contributed by atoms with van der Waals surface area (Å²) in [5.41, 5.74) is 6.29. The monoisotopic (exact) mass is 516 g/mol. The fraction of sp³-hybridized carbons (Fsp3) is 0.